The van der Waals surface area contributed by atoms with Crippen LogP contribution < -0.4 is 15.4 Å². The molecule has 6 nitrogen and oxygen atoms in total. The van der Waals surface area contributed by atoms with Crippen molar-refractivity contribution in [2.24, 2.45) is 0 Å². The lowest BCUT2D eigenvalue weighted by molar-refractivity contribution is 0.252. The Morgan fingerprint density at radius 2 is 2.07 bits per heavy atom. The highest BCUT2D eigenvalue weighted by Gasteiger charge is 2.28. The number of nitrogens with zero attached hydrogens (tertiary/aromatic N) is 1. The van der Waals surface area contributed by atoms with E-state index in [0.29, 0.717) is 18.2 Å². The van der Waals surface area contributed by atoms with Gasteiger partial charge in [0.1, 0.15) is 17.9 Å². The molecule has 0 bridgehead atoms. The zero-order valence-corrected chi connectivity index (χ0v) is 15.4. The fourth-order valence-corrected chi connectivity index (χ4v) is 2.90. The van der Waals surface area contributed by atoms with Crippen LogP contribution in [0.1, 0.15) is 30.2 Å². The van der Waals surface area contributed by atoms with Crippen LogP contribution in [0.5, 0.6) is 5.75 Å². The van der Waals surface area contributed by atoms with E-state index in [1.54, 1.807) is 0 Å². The summed E-state index contributed by atoms with van der Waals surface area (Å²) in [7, 11) is 0. The van der Waals surface area contributed by atoms with E-state index < -0.39 is 0 Å². The predicted octanol–water partition coefficient (Wildman–Crippen LogP) is 4.08. The summed E-state index contributed by atoms with van der Waals surface area (Å²) in [5, 5.41) is 5.69. The van der Waals surface area contributed by atoms with Crippen molar-refractivity contribution >= 4 is 22.8 Å². The molecule has 1 aliphatic rings. The maximum atomic E-state index is 12.1. The van der Waals surface area contributed by atoms with Crippen LogP contribution in [0.3, 0.4) is 0 Å². The van der Waals surface area contributed by atoms with Gasteiger partial charge in [-0.3, -0.25) is 0 Å². The third-order valence-electron chi connectivity index (χ3n) is 4.53. The second-order valence-electron chi connectivity index (χ2n) is 6.78. The molecule has 1 fully saturated rings. The molecule has 4 rings (SSSR count). The molecule has 6 heteroatoms. The summed E-state index contributed by atoms with van der Waals surface area (Å²) >= 11 is 0. The molecule has 0 radical (unpaired) electrons. The zero-order chi connectivity index (χ0) is 19.3. The molecule has 0 atom stereocenters. The molecule has 2 N–H and O–H groups in total. The quantitative estimate of drug-likeness (QED) is 0.610. The van der Waals surface area contributed by atoms with Crippen LogP contribution >= 0.6 is 0 Å². The van der Waals surface area contributed by atoms with Crippen molar-refractivity contribution in [3.63, 3.8) is 0 Å². The van der Waals surface area contributed by atoms with E-state index in [0.717, 1.165) is 47.6 Å². The third kappa shape index (κ3) is 4.44. The second kappa shape index (κ2) is 8.05. The van der Waals surface area contributed by atoms with E-state index in [4.69, 9.17) is 15.6 Å². The van der Waals surface area contributed by atoms with Crippen LogP contribution in [0.2, 0.25) is 0 Å². The van der Waals surface area contributed by atoms with Gasteiger partial charge >= 0.3 is 6.03 Å². The molecular formula is C22H21N3O3. The van der Waals surface area contributed by atoms with Gasteiger partial charge in [0.15, 0.2) is 11.5 Å². The van der Waals surface area contributed by atoms with E-state index >= 15 is 0 Å². The molecule has 0 aliphatic heterocycles. The number of ether oxygens (including phenoxy) is 1. The average molecular weight is 375 g/mol. The smallest absolute Gasteiger partial charge is 0.319 e. The van der Waals surface area contributed by atoms with Crippen LogP contribution in [0.4, 0.5) is 10.5 Å². The predicted molar refractivity (Wildman–Crippen MR) is 107 cm³/mol. The number of nitrogens with one attached hydrogen (secondary N) is 2. The Hall–Kier alpha value is -3.46. The van der Waals surface area contributed by atoms with Gasteiger partial charge in [-0.15, -0.1) is 6.42 Å². The SMILES string of the molecule is C#CCOc1ccc(CCNC(=O)Nc2ccc3oc(C4CC4)nc3c2)cc1. The zero-order valence-electron chi connectivity index (χ0n) is 15.4. The number of aromatic nitrogens is 1. The summed E-state index contributed by atoms with van der Waals surface area (Å²) in [6, 6.07) is 12.9. The molecule has 2 amide bonds. The molecule has 1 saturated carbocycles. The highest BCUT2D eigenvalue weighted by Crippen LogP contribution is 2.40. The number of hydrogen-bond acceptors (Lipinski definition) is 4. The van der Waals surface area contributed by atoms with Gasteiger partial charge in [-0.1, -0.05) is 18.1 Å². The number of oxazole rings is 1. The van der Waals surface area contributed by atoms with Gasteiger partial charge in [-0.25, -0.2) is 9.78 Å². The normalized spacial score (nSPS) is 13.1. The Labute approximate surface area is 163 Å². The molecular weight excluding hydrogens is 354 g/mol. The molecule has 1 aliphatic carbocycles. The monoisotopic (exact) mass is 375 g/mol. The molecule has 1 aromatic heterocycles. The standard InChI is InChI=1S/C22H21N3O3/c1-2-13-27-18-8-3-15(4-9-18)11-12-23-22(26)24-17-7-10-20-19(14-17)25-21(28-20)16-5-6-16/h1,3-4,7-10,14,16H,5-6,11-13H2,(H2,23,24,26). The Morgan fingerprint density at radius 3 is 2.82 bits per heavy atom. The van der Waals surface area contributed by atoms with Crippen molar-refractivity contribution in [2.75, 3.05) is 18.5 Å². The number of fused-ring (bicyclic) bond motifs is 1. The first kappa shape index (κ1) is 17.9. The summed E-state index contributed by atoms with van der Waals surface area (Å²) in [5.74, 6) is 4.43. The Balaban J connectivity index is 1.26. The van der Waals surface area contributed by atoms with Gasteiger partial charge in [-0.2, -0.15) is 0 Å². The minimum Gasteiger partial charge on any atom is -0.481 e. The summed E-state index contributed by atoms with van der Waals surface area (Å²) in [6.07, 6.45) is 8.17. The molecule has 0 saturated heterocycles. The largest absolute Gasteiger partial charge is 0.481 e. The van der Waals surface area contributed by atoms with Crippen LogP contribution in [-0.2, 0) is 6.42 Å². The Kier molecular flexibility index (Phi) is 5.16. The van der Waals surface area contributed by atoms with Gasteiger partial charge in [0.05, 0.1) is 0 Å². The maximum Gasteiger partial charge on any atom is 0.319 e. The fraction of sp³-hybridized carbons (Fsp3) is 0.273. The number of amides is 2. The van der Waals surface area contributed by atoms with Crippen LogP contribution in [0, 0.1) is 12.3 Å². The van der Waals surface area contributed by atoms with Gasteiger partial charge in [0.25, 0.3) is 0 Å². The van der Waals surface area contributed by atoms with Gasteiger partial charge in [0.2, 0.25) is 0 Å². The van der Waals surface area contributed by atoms with E-state index in [9.17, 15) is 4.79 Å². The second-order valence-corrected chi connectivity index (χ2v) is 6.78. The van der Waals surface area contributed by atoms with Crippen molar-refractivity contribution in [1.29, 1.82) is 0 Å². The minimum absolute atomic E-state index is 0.251. The third-order valence-corrected chi connectivity index (χ3v) is 4.53. The molecule has 2 aromatic carbocycles. The molecule has 0 spiro atoms. The number of rotatable bonds is 7. The van der Waals surface area contributed by atoms with Crippen molar-refractivity contribution < 1.29 is 13.9 Å². The fourth-order valence-electron chi connectivity index (χ4n) is 2.90. The van der Waals surface area contributed by atoms with Crippen molar-refractivity contribution in [1.82, 2.24) is 10.3 Å². The minimum atomic E-state index is -0.251. The summed E-state index contributed by atoms with van der Waals surface area (Å²) < 4.78 is 11.1. The molecule has 142 valence electrons. The molecule has 28 heavy (non-hydrogen) atoms. The highest BCUT2D eigenvalue weighted by atomic mass is 16.5. The first-order valence-electron chi connectivity index (χ1n) is 9.32. The first-order chi connectivity index (χ1) is 13.7. The summed E-state index contributed by atoms with van der Waals surface area (Å²) in [5.41, 5.74) is 3.31. The number of benzene rings is 2. The van der Waals surface area contributed by atoms with Gasteiger partial charge in [-0.05, 0) is 55.2 Å². The first-order valence-corrected chi connectivity index (χ1v) is 9.32. The topological polar surface area (TPSA) is 76.4 Å². The van der Waals surface area contributed by atoms with Crippen molar-refractivity contribution in [2.45, 2.75) is 25.2 Å². The van der Waals surface area contributed by atoms with E-state index in [-0.39, 0.29) is 12.6 Å². The number of hydrogen-bond donors (Lipinski definition) is 2. The Morgan fingerprint density at radius 1 is 1.25 bits per heavy atom. The molecule has 1 heterocycles. The number of terminal acetylenes is 1. The van der Waals surface area contributed by atoms with Gasteiger partial charge in [0, 0.05) is 18.2 Å². The lowest BCUT2D eigenvalue weighted by Crippen LogP contribution is -2.30. The van der Waals surface area contributed by atoms with Crippen molar-refractivity contribution in [3.05, 3.63) is 53.9 Å². The van der Waals surface area contributed by atoms with E-state index in [1.807, 2.05) is 42.5 Å². The van der Waals surface area contributed by atoms with E-state index in [1.165, 1.54) is 0 Å². The molecule has 3 aromatic rings. The number of carbonyl (C=O) groups is 1. The van der Waals surface area contributed by atoms with Crippen molar-refractivity contribution in [3.8, 4) is 18.1 Å². The van der Waals surface area contributed by atoms with E-state index in [2.05, 4.69) is 21.5 Å². The Bertz CT molecular complexity index is 1010. The summed E-state index contributed by atoms with van der Waals surface area (Å²) in [6.45, 7) is 0.775. The van der Waals surface area contributed by atoms with Crippen LogP contribution in [0.25, 0.3) is 11.1 Å². The van der Waals surface area contributed by atoms with Crippen LogP contribution in [-0.4, -0.2) is 24.2 Å². The maximum absolute atomic E-state index is 12.1. The highest BCUT2D eigenvalue weighted by molar-refractivity contribution is 5.91. The van der Waals surface area contributed by atoms with Gasteiger partial charge < -0.3 is 19.8 Å². The number of anilines is 1. The average Bonchev–Trinajstić information content (AvgIpc) is 3.47. The lowest BCUT2D eigenvalue weighted by Gasteiger charge is -2.08. The number of carbonyl (C=O) groups excluding carboxylic acids is 1. The van der Waals surface area contributed by atoms with Crippen LogP contribution in [0.15, 0.2) is 46.9 Å². The summed E-state index contributed by atoms with van der Waals surface area (Å²) in [4.78, 5) is 16.6. The lowest BCUT2D eigenvalue weighted by atomic mass is 10.1. The molecule has 0 unspecified atom stereocenters. The number of urea groups is 1.